The molecule has 1 aliphatic rings. The second kappa shape index (κ2) is 9.92. The van der Waals surface area contributed by atoms with Gasteiger partial charge < -0.3 is 9.64 Å². The first-order chi connectivity index (χ1) is 18.4. The van der Waals surface area contributed by atoms with Gasteiger partial charge in [-0.3, -0.25) is 4.57 Å². The van der Waals surface area contributed by atoms with E-state index in [2.05, 4.69) is 82.6 Å². The van der Waals surface area contributed by atoms with Crippen molar-refractivity contribution in [1.29, 1.82) is 0 Å². The maximum absolute atomic E-state index is 6.00. The molecular weight excluding hydrogens is 488 g/mol. The molecule has 0 fully saturated rings. The molecule has 2 aromatic carbocycles. The predicted octanol–water partition coefficient (Wildman–Crippen LogP) is 6.75. The van der Waals surface area contributed by atoms with Crippen molar-refractivity contribution < 1.29 is 4.74 Å². The van der Waals surface area contributed by atoms with Crippen molar-refractivity contribution in [3.05, 3.63) is 72.4 Å². The van der Waals surface area contributed by atoms with Gasteiger partial charge in [-0.05, 0) is 55.2 Å². The van der Waals surface area contributed by atoms with Crippen LogP contribution in [0, 0.1) is 6.92 Å². The molecule has 0 saturated carbocycles. The van der Waals surface area contributed by atoms with Gasteiger partial charge in [0.25, 0.3) is 0 Å². The molecule has 6 rings (SSSR count). The van der Waals surface area contributed by atoms with Gasteiger partial charge in [0.2, 0.25) is 0 Å². The molecule has 4 heterocycles. The summed E-state index contributed by atoms with van der Waals surface area (Å²) in [6.45, 7) is 11.3. The molecule has 0 spiro atoms. The number of anilines is 2. The summed E-state index contributed by atoms with van der Waals surface area (Å²) >= 11 is 0. The summed E-state index contributed by atoms with van der Waals surface area (Å²) in [6.07, 6.45) is 5.81. The molecular formula is C30H34N6OSi-. The number of hydrogen-bond acceptors (Lipinski definition) is 6. The lowest BCUT2D eigenvalue weighted by Gasteiger charge is -2.31. The molecule has 1 aliphatic heterocycles. The molecule has 0 N–H and O–H groups in total. The lowest BCUT2D eigenvalue weighted by molar-refractivity contribution is 0.0881. The van der Waals surface area contributed by atoms with E-state index in [0.29, 0.717) is 6.73 Å². The molecule has 3 aromatic heterocycles. The van der Waals surface area contributed by atoms with E-state index in [0.717, 1.165) is 76.9 Å². The highest BCUT2D eigenvalue weighted by molar-refractivity contribution is 6.76. The number of nitrogens with zero attached hydrogens (tertiary/aromatic N) is 6. The van der Waals surface area contributed by atoms with Crippen LogP contribution in [0.5, 0.6) is 0 Å². The Bertz CT molecular complexity index is 1620. The smallest absolute Gasteiger partial charge is 0.161 e. The van der Waals surface area contributed by atoms with Gasteiger partial charge in [0.15, 0.2) is 5.65 Å². The Balaban J connectivity index is 1.33. The van der Waals surface area contributed by atoms with Crippen molar-refractivity contribution in [1.82, 2.24) is 24.5 Å². The molecule has 195 valence electrons. The first-order valence-electron chi connectivity index (χ1n) is 13.4. The molecule has 0 unspecified atom stereocenters. The standard InChI is InChI=1S/C30H34N6OSi/c1-21-34-27-17-24(18-31-30(27)36(21)20-37-14-15-38(2,3)4)23-11-12-26-25(16-23)29(33-19-32-26)35-13-7-9-22-8-5-6-10-28(22)35/h5-6,8,10-12,16-19H,7,9,13-15,20H2,1-4H3/q-1. The topological polar surface area (TPSA) is 69.0 Å². The largest absolute Gasteiger partial charge is 0.364 e. The van der Waals surface area contributed by atoms with E-state index < -0.39 is 8.07 Å². The average molecular weight is 523 g/mol. The zero-order valence-electron chi connectivity index (χ0n) is 22.6. The Hall–Kier alpha value is -3.62. The maximum Gasteiger partial charge on any atom is 0.161 e. The van der Waals surface area contributed by atoms with Crippen molar-refractivity contribution in [2.24, 2.45) is 0 Å². The summed E-state index contributed by atoms with van der Waals surface area (Å²) in [7, 11) is -1.12. The second-order valence-electron chi connectivity index (χ2n) is 11.3. The number of ether oxygens (including phenoxy) is 1. The Morgan fingerprint density at radius 3 is 2.68 bits per heavy atom. The van der Waals surface area contributed by atoms with Crippen LogP contribution in [0.1, 0.15) is 17.8 Å². The lowest BCUT2D eigenvalue weighted by atomic mass is 10.0. The number of aromatic nitrogens is 5. The zero-order chi connectivity index (χ0) is 26.3. The molecule has 0 atom stereocenters. The van der Waals surface area contributed by atoms with E-state index >= 15 is 0 Å². The van der Waals surface area contributed by atoms with Gasteiger partial charge in [-0.2, -0.15) is 19.6 Å². The van der Waals surface area contributed by atoms with Crippen molar-refractivity contribution in [2.75, 3.05) is 18.1 Å². The fraction of sp³-hybridized carbons (Fsp3) is 0.333. The minimum absolute atomic E-state index is 0.479. The predicted molar refractivity (Wildman–Crippen MR) is 157 cm³/mol. The number of fused-ring (bicyclic) bond motifs is 3. The SMILES string of the molecule is Cc1nc2cc(-c3ccc4ncnc(N5CCCc6ccccc65)c4c3)cnc2n1COCC[Si-](C)(C)C. The molecule has 0 aliphatic carbocycles. The highest BCUT2D eigenvalue weighted by Gasteiger charge is 2.21. The molecule has 0 bridgehead atoms. The molecule has 8 heteroatoms. The van der Waals surface area contributed by atoms with Gasteiger partial charge in [0.05, 0.1) is 5.52 Å². The maximum atomic E-state index is 6.00. The van der Waals surface area contributed by atoms with Crippen LogP contribution in [0.4, 0.5) is 11.5 Å². The first-order valence-corrected chi connectivity index (χ1v) is 17.1. The fourth-order valence-electron chi connectivity index (χ4n) is 5.16. The summed E-state index contributed by atoms with van der Waals surface area (Å²) < 4.78 is 8.06. The summed E-state index contributed by atoms with van der Waals surface area (Å²) in [6, 6.07) is 18.3. The van der Waals surface area contributed by atoms with E-state index in [1.165, 1.54) is 11.3 Å². The van der Waals surface area contributed by atoms with Crippen LogP contribution in [-0.4, -0.2) is 45.7 Å². The van der Waals surface area contributed by atoms with E-state index in [4.69, 9.17) is 19.7 Å². The van der Waals surface area contributed by atoms with Gasteiger partial charge in [0.1, 0.15) is 30.2 Å². The van der Waals surface area contributed by atoms with Crippen molar-refractivity contribution in [3.63, 3.8) is 0 Å². The molecule has 0 radical (unpaired) electrons. The summed E-state index contributed by atoms with van der Waals surface area (Å²) in [5.74, 6) is 1.87. The summed E-state index contributed by atoms with van der Waals surface area (Å²) in [5.41, 5.74) is 7.38. The van der Waals surface area contributed by atoms with Crippen molar-refractivity contribution in [2.45, 2.75) is 52.2 Å². The zero-order valence-corrected chi connectivity index (χ0v) is 23.6. The first kappa shape index (κ1) is 24.7. The Morgan fingerprint density at radius 1 is 0.947 bits per heavy atom. The van der Waals surface area contributed by atoms with Gasteiger partial charge >= 0.3 is 0 Å². The van der Waals surface area contributed by atoms with Crippen LogP contribution >= 0.6 is 0 Å². The van der Waals surface area contributed by atoms with E-state index in [1.807, 2.05) is 13.1 Å². The molecule has 0 saturated heterocycles. The van der Waals surface area contributed by atoms with Gasteiger partial charge in [-0.25, -0.2) is 19.9 Å². The third-order valence-electron chi connectivity index (χ3n) is 7.31. The highest BCUT2D eigenvalue weighted by Crippen LogP contribution is 2.37. The van der Waals surface area contributed by atoms with Crippen LogP contribution in [-0.2, 0) is 17.9 Å². The van der Waals surface area contributed by atoms with E-state index in [1.54, 1.807) is 6.33 Å². The third kappa shape index (κ3) is 4.81. The van der Waals surface area contributed by atoms with Crippen LogP contribution in [0.25, 0.3) is 33.2 Å². The van der Waals surface area contributed by atoms with Gasteiger partial charge in [0, 0.05) is 36.0 Å². The quantitative estimate of drug-likeness (QED) is 0.174. The average Bonchev–Trinajstić information content (AvgIpc) is 3.23. The number of hydrogen-bond donors (Lipinski definition) is 0. The third-order valence-corrected chi connectivity index (χ3v) is 9.01. The second-order valence-corrected chi connectivity index (χ2v) is 16.9. The fourth-order valence-corrected chi connectivity index (χ4v) is 5.92. The minimum atomic E-state index is -1.12. The number of imidazole rings is 1. The monoisotopic (exact) mass is 522 g/mol. The van der Waals surface area contributed by atoms with Gasteiger partial charge in [-0.15, -0.1) is 14.1 Å². The Kier molecular flexibility index (Phi) is 6.45. The van der Waals surface area contributed by atoms with Crippen LogP contribution in [0.15, 0.2) is 61.1 Å². The van der Waals surface area contributed by atoms with Crippen LogP contribution in [0.3, 0.4) is 0 Å². The Labute approximate surface area is 224 Å². The number of aryl methyl sites for hydroxylation is 2. The van der Waals surface area contributed by atoms with E-state index in [-0.39, 0.29) is 0 Å². The molecule has 38 heavy (non-hydrogen) atoms. The number of para-hydroxylation sites is 1. The number of pyridine rings is 1. The Morgan fingerprint density at radius 2 is 1.82 bits per heavy atom. The molecule has 5 aromatic rings. The normalized spacial score (nSPS) is 13.8. The molecule has 0 amide bonds. The lowest BCUT2D eigenvalue weighted by Crippen LogP contribution is -2.25. The summed E-state index contributed by atoms with van der Waals surface area (Å²) in [5, 5.41) is 1.04. The van der Waals surface area contributed by atoms with Crippen molar-refractivity contribution >= 4 is 41.6 Å². The molecule has 7 nitrogen and oxygen atoms in total. The van der Waals surface area contributed by atoms with E-state index in [9.17, 15) is 0 Å². The number of rotatable bonds is 7. The highest BCUT2D eigenvalue weighted by atomic mass is 28.3. The van der Waals surface area contributed by atoms with Crippen molar-refractivity contribution in [3.8, 4) is 11.1 Å². The van der Waals surface area contributed by atoms with Gasteiger partial charge in [-0.1, -0.05) is 24.3 Å². The van der Waals surface area contributed by atoms with Crippen LogP contribution in [0.2, 0.25) is 25.7 Å². The summed E-state index contributed by atoms with van der Waals surface area (Å²) in [4.78, 5) is 21.3. The number of benzene rings is 2. The minimum Gasteiger partial charge on any atom is -0.364 e. The van der Waals surface area contributed by atoms with Crippen LogP contribution < -0.4 is 4.90 Å².